The summed E-state index contributed by atoms with van der Waals surface area (Å²) < 4.78 is 1.16. The van der Waals surface area contributed by atoms with E-state index in [1.807, 2.05) is 12.3 Å². The van der Waals surface area contributed by atoms with Gasteiger partial charge in [-0.05, 0) is 25.0 Å². The molecule has 4 heteroatoms. The molecule has 96 valence electrons. The molecule has 0 fully saturated rings. The van der Waals surface area contributed by atoms with Crippen LogP contribution in [-0.4, -0.2) is 4.98 Å². The van der Waals surface area contributed by atoms with Crippen LogP contribution in [0.15, 0.2) is 34.9 Å². The molecule has 0 aliphatic heterocycles. The van der Waals surface area contributed by atoms with E-state index >= 15 is 0 Å². The first-order valence-corrected chi connectivity index (χ1v) is 7.73. The molecule has 2 nitrogen and oxygen atoms in total. The summed E-state index contributed by atoms with van der Waals surface area (Å²) >= 11 is 5.38. The molecule has 2 rings (SSSR count). The molecule has 0 saturated heterocycles. The third-order valence-electron chi connectivity index (χ3n) is 2.86. The van der Waals surface area contributed by atoms with Gasteiger partial charge in [-0.2, -0.15) is 0 Å². The molecule has 1 heterocycles. The van der Waals surface area contributed by atoms with Crippen molar-refractivity contribution in [2.24, 2.45) is 0 Å². The summed E-state index contributed by atoms with van der Waals surface area (Å²) in [6.07, 6.45) is 2.99. The molecule has 0 amide bonds. The summed E-state index contributed by atoms with van der Waals surface area (Å²) in [6, 6.07) is 8.66. The molecule has 1 aromatic carbocycles. The molecular formula is C14H17BrN2S. The van der Waals surface area contributed by atoms with Gasteiger partial charge < -0.3 is 5.32 Å². The molecule has 0 spiro atoms. The van der Waals surface area contributed by atoms with Gasteiger partial charge in [-0.25, -0.2) is 4.98 Å². The fraction of sp³-hybridized carbons (Fsp3) is 0.357. The standard InChI is InChI=1S/C14H17BrN2S/c1-3-14-17-9-11(18-14)8-16-10(2)12-6-4-5-7-13(12)15/h4-7,9-10,16H,3,8H2,1-2H3/t10-/m0/s1. The van der Waals surface area contributed by atoms with Crippen molar-refractivity contribution < 1.29 is 0 Å². The lowest BCUT2D eigenvalue weighted by Crippen LogP contribution is -2.17. The van der Waals surface area contributed by atoms with Crippen LogP contribution in [0.25, 0.3) is 0 Å². The van der Waals surface area contributed by atoms with E-state index in [0.717, 1.165) is 17.4 Å². The smallest absolute Gasteiger partial charge is 0.0925 e. The molecular weight excluding hydrogens is 308 g/mol. The monoisotopic (exact) mass is 324 g/mol. The fourth-order valence-corrected chi connectivity index (χ4v) is 3.22. The molecule has 2 aromatic rings. The SMILES string of the molecule is CCc1ncc(CN[C@@H](C)c2ccccc2Br)s1. The summed E-state index contributed by atoms with van der Waals surface area (Å²) in [6.45, 7) is 5.20. The highest BCUT2D eigenvalue weighted by atomic mass is 79.9. The van der Waals surface area contributed by atoms with Gasteiger partial charge in [0.15, 0.2) is 0 Å². The number of rotatable bonds is 5. The number of hydrogen-bond donors (Lipinski definition) is 1. The second kappa shape index (κ2) is 6.45. The summed E-state index contributed by atoms with van der Waals surface area (Å²) in [5.41, 5.74) is 1.29. The highest BCUT2D eigenvalue weighted by Gasteiger charge is 2.08. The zero-order valence-corrected chi connectivity index (χ0v) is 13.0. The van der Waals surface area contributed by atoms with Crippen LogP contribution in [0.5, 0.6) is 0 Å². The van der Waals surface area contributed by atoms with Gasteiger partial charge in [-0.15, -0.1) is 11.3 Å². The van der Waals surface area contributed by atoms with Crippen LogP contribution in [-0.2, 0) is 13.0 Å². The number of aryl methyl sites for hydroxylation is 1. The highest BCUT2D eigenvalue weighted by Crippen LogP contribution is 2.23. The fourth-order valence-electron chi connectivity index (χ4n) is 1.78. The summed E-state index contributed by atoms with van der Waals surface area (Å²) in [5, 5.41) is 4.74. The van der Waals surface area contributed by atoms with E-state index < -0.39 is 0 Å². The first-order chi connectivity index (χ1) is 8.70. The zero-order valence-electron chi connectivity index (χ0n) is 10.6. The van der Waals surface area contributed by atoms with E-state index in [1.165, 1.54) is 15.4 Å². The van der Waals surface area contributed by atoms with Gasteiger partial charge in [0.2, 0.25) is 0 Å². The Hall–Kier alpha value is -0.710. The summed E-state index contributed by atoms with van der Waals surface area (Å²) in [4.78, 5) is 5.67. The predicted molar refractivity (Wildman–Crippen MR) is 80.9 cm³/mol. The first-order valence-electron chi connectivity index (χ1n) is 6.12. The molecule has 18 heavy (non-hydrogen) atoms. The van der Waals surface area contributed by atoms with Crippen LogP contribution >= 0.6 is 27.3 Å². The number of benzene rings is 1. The Labute approximate surface area is 121 Å². The number of halogens is 1. The minimum absolute atomic E-state index is 0.327. The number of hydrogen-bond acceptors (Lipinski definition) is 3. The van der Waals surface area contributed by atoms with Gasteiger partial charge in [0, 0.05) is 28.1 Å². The van der Waals surface area contributed by atoms with Crippen molar-refractivity contribution in [1.29, 1.82) is 0 Å². The van der Waals surface area contributed by atoms with Crippen molar-refractivity contribution in [3.05, 3.63) is 50.4 Å². The Morgan fingerprint density at radius 3 is 2.83 bits per heavy atom. The van der Waals surface area contributed by atoms with Crippen molar-refractivity contribution in [3.8, 4) is 0 Å². The van der Waals surface area contributed by atoms with Gasteiger partial charge in [-0.1, -0.05) is 41.1 Å². The second-order valence-corrected chi connectivity index (χ2v) is 6.25. The molecule has 1 atom stereocenters. The molecule has 1 N–H and O–H groups in total. The first kappa shape index (κ1) is 13.7. The number of thiazole rings is 1. The number of aromatic nitrogens is 1. The maximum Gasteiger partial charge on any atom is 0.0925 e. The average Bonchev–Trinajstić information content (AvgIpc) is 2.84. The molecule has 0 saturated carbocycles. The lowest BCUT2D eigenvalue weighted by molar-refractivity contribution is 0.576. The van der Waals surface area contributed by atoms with Crippen LogP contribution < -0.4 is 5.32 Å². The Morgan fingerprint density at radius 2 is 2.17 bits per heavy atom. The van der Waals surface area contributed by atoms with Crippen LogP contribution in [0.1, 0.15) is 35.3 Å². The topological polar surface area (TPSA) is 24.9 Å². The lowest BCUT2D eigenvalue weighted by atomic mass is 10.1. The molecule has 0 radical (unpaired) electrons. The van der Waals surface area contributed by atoms with E-state index in [9.17, 15) is 0 Å². The quantitative estimate of drug-likeness (QED) is 0.886. The van der Waals surface area contributed by atoms with Gasteiger partial charge >= 0.3 is 0 Å². The zero-order chi connectivity index (χ0) is 13.0. The van der Waals surface area contributed by atoms with Crippen LogP contribution in [0.3, 0.4) is 0 Å². The van der Waals surface area contributed by atoms with Gasteiger partial charge in [0.1, 0.15) is 0 Å². The van der Waals surface area contributed by atoms with Crippen LogP contribution in [0.2, 0.25) is 0 Å². The Bertz CT molecular complexity index is 510. The van der Waals surface area contributed by atoms with Gasteiger partial charge in [0.25, 0.3) is 0 Å². The van der Waals surface area contributed by atoms with Crippen molar-refractivity contribution in [2.75, 3.05) is 0 Å². The Kier molecular flexibility index (Phi) is 4.92. The summed E-state index contributed by atoms with van der Waals surface area (Å²) in [7, 11) is 0. The molecule has 0 aliphatic rings. The van der Waals surface area contributed by atoms with Crippen molar-refractivity contribution in [2.45, 2.75) is 32.9 Å². The van der Waals surface area contributed by atoms with Crippen LogP contribution in [0, 0.1) is 0 Å². The molecule has 0 bridgehead atoms. The van der Waals surface area contributed by atoms with Crippen LogP contribution in [0.4, 0.5) is 0 Å². The average molecular weight is 325 g/mol. The molecule has 1 aromatic heterocycles. The normalized spacial score (nSPS) is 12.6. The Balaban J connectivity index is 1.96. The van der Waals surface area contributed by atoms with E-state index in [4.69, 9.17) is 0 Å². The minimum Gasteiger partial charge on any atom is -0.305 e. The lowest BCUT2D eigenvalue weighted by Gasteiger charge is -2.14. The van der Waals surface area contributed by atoms with Crippen molar-refractivity contribution in [3.63, 3.8) is 0 Å². The molecule has 0 aliphatic carbocycles. The van der Waals surface area contributed by atoms with E-state index in [2.05, 4.69) is 58.3 Å². The highest BCUT2D eigenvalue weighted by molar-refractivity contribution is 9.10. The van der Waals surface area contributed by atoms with Crippen molar-refractivity contribution >= 4 is 27.3 Å². The third kappa shape index (κ3) is 3.40. The number of nitrogens with zero attached hydrogens (tertiary/aromatic N) is 1. The Morgan fingerprint density at radius 1 is 1.39 bits per heavy atom. The molecule has 0 unspecified atom stereocenters. The van der Waals surface area contributed by atoms with E-state index in [0.29, 0.717) is 6.04 Å². The van der Waals surface area contributed by atoms with Gasteiger partial charge in [-0.3, -0.25) is 0 Å². The minimum atomic E-state index is 0.327. The summed E-state index contributed by atoms with van der Waals surface area (Å²) in [5.74, 6) is 0. The van der Waals surface area contributed by atoms with Gasteiger partial charge in [0.05, 0.1) is 5.01 Å². The van der Waals surface area contributed by atoms with Crippen molar-refractivity contribution in [1.82, 2.24) is 10.3 Å². The third-order valence-corrected chi connectivity index (χ3v) is 4.72. The van der Waals surface area contributed by atoms with E-state index in [1.54, 1.807) is 11.3 Å². The van der Waals surface area contributed by atoms with E-state index in [-0.39, 0.29) is 0 Å². The predicted octanol–water partition coefficient (Wildman–Crippen LogP) is 4.32. The largest absolute Gasteiger partial charge is 0.305 e. The second-order valence-electron chi connectivity index (χ2n) is 4.20. The number of nitrogens with one attached hydrogen (secondary N) is 1. The maximum absolute atomic E-state index is 4.37. The maximum atomic E-state index is 4.37.